The zero-order valence-corrected chi connectivity index (χ0v) is 23.3. The zero-order valence-electron chi connectivity index (χ0n) is 23.3. The van der Waals surface area contributed by atoms with Gasteiger partial charge in [0.05, 0.1) is 17.0 Å². The van der Waals surface area contributed by atoms with Crippen LogP contribution in [0.2, 0.25) is 0 Å². The molecule has 0 radical (unpaired) electrons. The molecule has 0 saturated heterocycles. The highest BCUT2D eigenvalue weighted by Gasteiger charge is 2.48. The standard InChI is InChI=1S/C41H27N/c1-27-10-14-29(15-11-27)34-21-20-32-19-18-31-6-2-4-8-37(31)41(40(32)25-34)38-9-5-3-7-35(38)36-24-33(22-23-39(36)41)30-16-12-28(26-42)13-17-30/h2-25H,1H3. The molecule has 0 fully saturated rings. The van der Waals surface area contributed by atoms with Gasteiger partial charge in [0.15, 0.2) is 0 Å². The monoisotopic (exact) mass is 533 g/mol. The Morgan fingerprint density at radius 3 is 1.81 bits per heavy atom. The molecule has 0 saturated carbocycles. The highest BCUT2D eigenvalue weighted by molar-refractivity contribution is 5.93. The molecule has 0 heterocycles. The quantitative estimate of drug-likeness (QED) is 0.217. The Morgan fingerprint density at radius 2 is 1.05 bits per heavy atom. The van der Waals surface area contributed by atoms with Gasteiger partial charge in [-0.15, -0.1) is 0 Å². The maximum Gasteiger partial charge on any atom is 0.0991 e. The predicted octanol–water partition coefficient (Wildman–Crippen LogP) is 10.0. The summed E-state index contributed by atoms with van der Waals surface area (Å²) in [5.41, 5.74) is 16.4. The molecular formula is C41H27N. The van der Waals surface area contributed by atoms with E-state index in [4.69, 9.17) is 0 Å². The number of nitrogens with zero attached hydrogens (tertiary/aromatic N) is 1. The van der Waals surface area contributed by atoms with E-state index in [0.29, 0.717) is 5.56 Å². The van der Waals surface area contributed by atoms with Crippen molar-refractivity contribution in [1.82, 2.24) is 0 Å². The minimum atomic E-state index is -0.467. The van der Waals surface area contributed by atoms with Gasteiger partial charge in [0.1, 0.15) is 0 Å². The average Bonchev–Trinajstić information content (AvgIpc) is 3.25. The molecule has 196 valence electrons. The van der Waals surface area contributed by atoms with E-state index in [1.807, 2.05) is 24.3 Å². The predicted molar refractivity (Wildman–Crippen MR) is 173 cm³/mol. The third kappa shape index (κ3) is 3.49. The maximum absolute atomic E-state index is 9.31. The fourth-order valence-electron chi connectivity index (χ4n) is 7.04. The Kier molecular flexibility index (Phi) is 5.39. The first-order valence-corrected chi connectivity index (χ1v) is 14.4. The van der Waals surface area contributed by atoms with Gasteiger partial charge in [0.25, 0.3) is 0 Å². The normalized spacial score (nSPS) is 15.7. The molecular weight excluding hydrogens is 506 g/mol. The van der Waals surface area contributed by atoms with Crippen LogP contribution in [0.4, 0.5) is 0 Å². The number of rotatable bonds is 2. The van der Waals surface area contributed by atoms with Crippen LogP contribution in [0.3, 0.4) is 0 Å². The van der Waals surface area contributed by atoms with Crippen LogP contribution in [-0.2, 0) is 5.41 Å². The lowest BCUT2D eigenvalue weighted by Crippen LogP contribution is -2.30. The van der Waals surface area contributed by atoms with Gasteiger partial charge in [-0.25, -0.2) is 0 Å². The van der Waals surface area contributed by atoms with Gasteiger partial charge < -0.3 is 0 Å². The molecule has 1 heteroatoms. The molecule has 1 spiro atoms. The molecule has 42 heavy (non-hydrogen) atoms. The lowest BCUT2D eigenvalue weighted by atomic mass is 9.65. The lowest BCUT2D eigenvalue weighted by Gasteiger charge is -2.35. The average molecular weight is 534 g/mol. The molecule has 6 aromatic carbocycles. The highest BCUT2D eigenvalue weighted by atomic mass is 14.5. The lowest BCUT2D eigenvalue weighted by molar-refractivity contribution is 0.766. The van der Waals surface area contributed by atoms with Gasteiger partial charge in [0, 0.05) is 0 Å². The minimum Gasteiger partial charge on any atom is -0.192 e. The number of benzene rings is 6. The van der Waals surface area contributed by atoms with E-state index in [-0.39, 0.29) is 0 Å². The SMILES string of the molecule is Cc1ccc(-c2ccc3c(c2)C2(c4ccccc4C=C3)c3ccccc3-c3cc(-c4ccc(C#N)cc4)ccc32)cc1. The van der Waals surface area contributed by atoms with Crippen molar-refractivity contribution >= 4 is 12.2 Å². The number of fused-ring (bicyclic) bond motifs is 9. The Hall–Kier alpha value is -5.45. The molecule has 0 aromatic heterocycles. The summed E-state index contributed by atoms with van der Waals surface area (Å²) in [5, 5.41) is 9.31. The molecule has 8 rings (SSSR count). The molecule has 2 aliphatic rings. The first-order chi connectivity index (χ1) is 20.7. The minimum absolute atomic E-state index is 0.467. The fourth-order valence-corrected chi connectivity index (χ4v) is 7.04. The van der Waals surface area contributed by atoms with Crippen molar-refractivity contribution in [2.24, 2.45) is 0 Å². The first-order valence-electron chi connectivity index (χ1n) is 14.4. The van der Waals surface area contributed by atoms with E-state index in [2.05, 4.69) is 134 Å². The largest absolute Gasteiger partial charge is 0.192 e. The highest BCUT2D eigenvalue weighted by Crippen LogP contribution is 2.59. The summed E-state index contributed by atoms with van der Waals surface area (Å²) in [6.45, 7) is 2.13. The third-order valence-electron chi connectivity index (χ3n) is 9.04. The van der Waals surface area contributed by atoms with E-state index < -0.39 is 5.41 Å². The van der Waals surface area contributed by atoms with Crippen molar-refractivity contribution in [2.45, 2.75) is 12.3 Å². The van der Waals surface area contributed by atoms with Gasteiger partial charge in [-0.1, -0.05) is 127 Å². The second-order valence-electron chi connectivity index (χ2n) is 11.3. The van der Waals surface area contributed by atoms with Crippen LogP contribution in [0.25, 0.3) is 45.5 Å². The van der Waals surface area contributed by atoms with Crippen LogP contribution in [0.5, 0.6) is 0 Å². The topological polar surface area (TPSA) is 23.8 Å². The van der Waals surface area contributed by atoms with Crippen LogP contribution in [0.1, 0.15) is 44.5 Å². The second kappa shape index (κ2) is 9.30. The number of hydrogen-bond acceptors (Lipinski definition) is 1. The summed E-state index contributed by atoms with van der Waals surface area (Å²) in [4.78, 5) is 0. The van der Waals surface area contributed by atoms with E-state index in [1.54, 1.807) is 0 Å². The van der Waals surface area contributed by atoms with E-state index in [1.165, 1.54) is 61.2 Å². The van der Waals surface area contributed by atoms with E-state index >= 15 is 0 Å². The third-order valence-corrected chi connectivity index (χ3v) is 9.04. The molecule has 2 aliphatic carbocycles. The fraction of sp³-hybridized carbons (Fsp3) is 0.0488. The molecule has 0 bridgehead atoms. The molecule has 1 nitrogen and oxygen atoms in total. The van der Waals surface area contributed by atoms with Crippen molar-refractivity contribution in [1.29, 1.82) is 5.26 Å². The Balaban J connectivity index is 1.45. The van der Waals surface area contributed by atoms with Crippen molar-refractivity contribution in [2.75, 3.05) is 0 Å². The van der Waals surface area contributed by atoms with Crippen molar-refractivity contribution in [3.63, 3.8) is 0 Å². The number of nitriles is 1. The molecule has 1 unspecified atom stereocenters. The summed E-state index contributed by atoms with van der Waals surface area (Å²) in [7, 11) is 0. The van der Waals surface area contributed by atoms with Gasteiger partial charge in [-0.2, -0.15) is 5.26 Å². The van der Waals surface area contributed by atoms with Gasteiger partial charge >= 0.3 is 0 Å². The summed E-state index contributed by atoms with van der Waals surface area (Å²) >= 11 is 0. The summed E-state index contributed by atoms with van der Waals surface area (Å²) in [6.07, 6.45) is 4.56. The molecule has 0 amide bonds. The van der Waals surface area contributed by atoms with Gasteiger partial charge in [-0.05, 0) is 98.0 Å². The first kappa shape index (κ1) is 24.4. The number of hydrogen-bond donors (Lipinski definition) is 0. The van der Waals surface area contributed by atoms with Crippen LogP contribution < -0.4 is 0 Å². The molecule has 0 aliphatic heterocycles. The summed E-state index contributed by atoms with van der Waals surface area (Å²) in [5.74, 6) is 0. The zero-order chi connectivity index (χ0) is 28.3. The van der Waals surface area contributed by atoms with E-state index in [0.717, 1.165) is 11.1 Å². The van der Waals surface area contributed by atoms with Crippen molar-refractivity contribution in [3.8, 4) is 39.4 Å². The maximum atomic E-state index is 9.31. The smallest absolute Gasteiger partial charge is 0.0991 e. The Morgan fingerprint density at radius 1 is 0.476 bits per heavy atom. The van der Waals surface area contributed by atoms with Crippen LogP contribution in [0.15, 0.2) is 133 Å². The molecule has 6 aromatic rings. The Labute approximate surface area is 246 Å². The van der Waals surface area contributed by atoms with Crippen LogP contribution in [0, 0.1) is 18.3 Å². The second-order valence-corrected chi connectivity index (χ2v) is 11.3. The summed E-state index contributed by atoms with van der Waals surface area (Å²) in [6, 6.07) is 50.7. The van der Waals surface area contributed by atoms with Crippen LogP contribution >= 0.6 is 0 Å². The van der Waals surface area contributed by atoms with Crippen LogP contribution in [-0.4, -0.2) is 0 Å². The number of aryl methyl sites for hydroxylation is 1. The van der Waals surface area contributed by atoms with Crippen molar-refractivity contribution < 1.29 is 0 Å². The molecule has 1 atom stereocenters. The summed E-state index contributed by atoms with van der Waals surface area (Å²) < 4.78 is 0. The van der Waals surface area contributed by atoms with E-state index in [9.17, 15) is 5.26 Å². The van der Waals surface area contributed by atoms with Gasteiger partial charge in [0.2, 0.25) is 0 Å². The van der Waals surface area contributed by atoms with Crippen molar-refractivity contribution in [3.05, 3.63) is 178 Å². The van der Waals surface area contributed by atoms with Gasteiger partial charge in [-0.3, -0.25) is 0 Å². The molecule has 0 N–H and O–H groups in total. The Bertz CT molecular complexity index is 2090.